The average Bonchev–Trinajstić information content (AvgIpc) is 3.09. The highest BCUT2D eigenvalue weighted by Gasteiger charge is 2.33. The van der Waals surface area contributed by atoms with Gasteiger partial charge in [0.2, 0.25) is 5.91 Å². The number of thioether (sulfide) groups is 1. The molecule has 1 N–H and O–H groups in total. The van der Waals surface area contributed by atoms with Gasteiger partial charge in [0.05, 0.1) is 32.2 Å². The van der Waals surface area contributed by atoms with Crippen LogP contribution in [0.15, 0.2) is 18.2 Å². The summed E-state index contributed by atoms with van der Waals surface area (Å²) in [4.78, 5) is 13.9. The van der Waals surface area contributed by atoms with Crippen molar-refractivity contribution >= 4 is 17.7 Å². The molecule has 21 heavy (non-hydrogen) atoms. The van der Waals surface area contributed by atoms with Crippen molar-refractivity contribution in [2.24, 2.45) is 0 Å². The van der Waals surface area contributed by atoms with Crippen LogP contribution >= 0.6 is 11.8 Å². The summed E-state index contributed by atoms with van der Waals surface area (Å²) in [5, 5.41) is 8.76. The van der Waals surface area contributed by atoms with Gasteiger partial charge in [-0.15, -0.1) is 11.8 Å². The number of rotatable bonds is 6. The Morgan fingerprint density at radius 3 is 3.19 bits per heavy atom. The molecule has 1 aromatic carbocycles. The second-order valence-corrected chi connectivity index (χ2v) is 6.12. The van der Waals surface area contributed by atoms with Gasteiger partial charge in [0.15, 0.2) is 0 Å². The number of hydrogen-bond acceptors (Lipinski definition) is 5. The molecule has 2 aliphatic heterocycles. The molecule has 1 amide bonds. The molecule has 0 radical (unpaired) electrons. The van der Waals surface area contributed by atoms with Crippen LogP contribution in [-0.2, 0) is 16.0 Å². The first kappa shape index (κ1) is 14.7. The number of hydrogen-bond donors (Lipinski definition) is 1. The highest BCUT2D eigenvalue weighted by Crippen LogP contribution is 2.40. The Labute approximate surface area is 128 Å². The zero-order valence-electron chi connectivity index (χ0n) is 11.8. The van der Waals surface area contributed by atoms with Gasteiger partial charge >= 0.3 is 0 Å². The van der Waals surface area contributed by atoms with Crippen LogP contribution in [0, 0.1) is 0 Å². The zero-order chi connectivity index (χ0) is 14.7. The molecule has 0 saturated carbocycles. The maximum atomic E-state index is 12.0. The van der Waals surface area contributed by atoms with Gasteiger partial charge in [-0.1, -0.05) is 6.07 Å². The summed E-state index contributed by atoms with van der Waals surface area (Å²) in [5.74, 6) is 1.62. The van der Waals surface area contributed by atoms with E-state index in [0.29, 0.717) is 25.5 Å². The summed E-state index contributed by atoms with van der Waals surface area (Å²) in [7, 11) is 0. The quantitative estimate of drug-likeness (QED) is 0.800. The standard InChI is InChI=1S/C15H19NO4S/c17-5-8-19-7-4-16-14(18)10-21-15(16)12-1-2-13-11(9-12)3-6-20-13/h1-2,9,15,17H,3-8,10H2. The lowest BCUT2D eigenvalue weighted by atomic mass is 10.1. The lowest BCUT2D eigenvalue weighted by Gasteiger charge is -2.24. The van der Waals surface area contributed by atoms with Gasteiger partial charge in [0.1, 0.15) is 11.1 Å². The van der Waals surface area contributed by atoms with E-state index in [2.05, 4.69) is 6.07 Å². The van der Waals surface area contributed by atoms with Crippen LogP contribution in [0.3, 0.4) is 0 Å². The molecule has 2 heterocycles. The van der Waals surface area contributed by atoms with Crippen LogP contribution in [0.2, 0.25) is 0 Å². The minimum atomic E-state index is 0.0109. The van der Waals surface area contributed by atoms with Gasteiger partial charge in [0, 0.05) is 13.0 Å². The van der Waals surface area contributed by atoms with Crippen LogP contribution in [-0.4, -0.2) is 54.6 Å². The van der Waals surface area contributed by atoms with E-state index in [4.69, 9.17) is 14.6 Å². The fourth-order valence-corrected chi connectivity index (χ4v) is 3.87. The molecule has 0 bridgehead atoms. The van der Waals surface area contributed by atoms with Gasteiger partial charge in [-0.2, -0.15) is 0 Å². The first-order valence-corrected chi connectivity index (χ1v) is 8.20. The molecule has 0 aliphatic carbocycles. The van der Waals surface area contributed by atoms with Crippen molar-refractivity contribution in [3.05, 3.63) is 29.3 Å². The summed E-state index contributed by atoms with van der Waals surface area (Å²) < 4.78 is 10.8. The summed E-state index contributed by atoms with van der Waals surface area (Å²) >= 11 is 1.65. The Kier molecular flexibility index (Phi) is 4.67. The molecule has 1 aromatic rings. The molecule has 1 fully saturated rings. The Morgan fingerprint density at radius 1 is 1.43 bits per heavy atom. The average molecular weight is 309 g/mol. The number of carbonyl (C=O) groups excluding carboxylic acids is 1. The molecule has 1 saturated heterocycles. The van der Waals surface area contributed by atoms with Gasteiger partial charge in [0.25, 0.3) is 0 Å². The van der Waals surface area contributed by atoms with Crippen molar-refractivity contribution in [2.45, 2.75) is 11.8 Å². The van der Waals surface area contributed by atoms with E-state index in [9.17, 15) is 4.79 Å². The van der Waals surface area contributed by atoms with Gasteiger partial charge < -0.3 is 19.5 Å². The highest BCUT2D eigenvalue weighted by atomic mass is 32.2. The van der Waals surface area contributed by atoms with Crippen molar-refractivity contribution in [3.8, 4) is 5.75 Å². The molecule has 1 atom stereocenters. The third kappa shape index (κ3) is 3.17. The van der Waals surface area contributed by atoms with Crippen molar-refractivity contribution in [2.75, 3.05) is 38.7 Å². The van der Waals surface area contributed by atoms with E-state index in [1.807, 2.05) is 17.0 Å². The molecule has 2 aliphatic rings. The number of amides is 1. The highest BCUT2D eigenvalue weighted by molar-refractivity contribution is 8.00. The fourth-order valence-electron chi connectivity index (χ4n) is 2.66. The van der Waals surface area contributed by atoms with Crippen molar-refractivity contribution in [3.63, 3.8) is 0 Å². The maximum absolute atomic E-state index is 12.0. The van der Waals surface area contributed by atoms with E-state index in [-0.39, 0.29) is 17.9 Å². The lowest BCUT2D eigenvalue weighted by molar-refractivity contribution is -0.128. The van der Waals surface area contributed by atoms with E-state index in [1.165, 1.54) is 5.56 Å². The number of aliphatic hydroxyl groups excluding tert-OH is 1. The Hall–Kier alpha value is -1.24. The molecular weight excluding hydrogens is 290 g/mol. The Morgan fingerprint density at radius 2 is 2.33 bits per heavy atom. The van der Waals surface area contributed by atoms with E-state index in [1.54, 1.807) is 11.8 Å². The van der Waals surface area contributed by atoms with E-state index in [0.717, 1.165) is 24.3 Å². The largest absolute Gasteiger partial charge is 0.493 e. The first-order chi connectivity index (χ1) is 10.3. The molecule has 114 valence electrons. The fraction of sp³-hybridized carbons (Fsp3) is 0.533. The number of aliphatic hydroxyl groups is 1. The second kappa shape index (κ2) is 6.68. The Bertz CT molecular complexity index is 522. The predicted octanol–water partition coefficient (Wildman–Crippen LogP) is 1.20. The number of benzene rings is 1. The molecule has 0 aromatic heterocycles. The first-order valence-electron chi connectivity index (χ1n) is 7.15. The molecular formula is C15H19NO4S. The molecule has 5 nitrogen and oxygen atoms in total. The number of ether oxygens (including phenoxy) is 2. The minimum absolute atomic E-state index is 0.0109. The minimum Gasteiger partial charge on any atom is -0.493 e. The van der Waals surface area contributed by atoms with Crippen molar-refractivity contribution < 1.29 is 19.4 Å². The Balaban J connectivity index is 1.69. The summed E-state index contributed by atoms with van der Waals surface area (Å²) in [6.07, 6.45) is 0.939. The number of fused-ring (bicyclic) bond motifs is 1. The van der Waals surface area contributed by atoms with Crippen LogP contribution < -0.4 is 4.74 Å². The van der Waals surface area contributed by atoms with Crippen LogP contribution in [0.5, 0.6) is 5.75 Å². The predicted molar refractivity (Wildman–Crippen MR) is 80.5 cm³/mol. The van der Waals surface area contributed by atoms with Gasteiger partial charge in [-0.3, -0.25) is 4.79 Å². The van der Waals surface area contributed by atoms with E-state index < -0.39 is 0 Å². The second-order valence-electron chi connectivity index (χ2n) is 5.05. The summed E-state index contributed by atoms with van der Waals surface area (Å²) in [6, 6.07) is 6.20. The van der Waals surface area contributed by atoms with Crippen LogP contribution in [0.1, 0.15) is 16.5 Å². The SMILES string of the molecule is O=C1CSC(c2ccc3c(c2)CCO3)N1CCOCCO. The van der Waals surface area contributed by atoms with E-state index >= 15 is 0 Å². The summed E-state index contributed by atoms with van der Waals surface area (Å²) in [6.45, 7) is 2.09. The van der Waals surface area contributed by atoms with Crippen LogP contribution in [0.25, 0.3) is 0 Å². The molecule has 0 spiro atoms. The zero-order valence-corrected chi connectivity index (χ0v) is 12.6. The lowest BCUT2D eigenvalue weighted by Crippen LogP contribution is -2.31. The third-order valence-electron chi connectivity index (χ3n) is 3.68. The van der Waals surface area contributed by atoms with Crippen molar-refractivity contribution in [1.82, 2.24) is 4.90 Å². The van der Waals surface area contributed by atoms with Gasteiger partial charge in [-0.05, 0) is 23.3 Å². The molecule has 6 heteroatoms. The summed E-state index contributed by atoms with van der Waals surface area (Å²) in [5.41, 5.74) is 2.38. The van der Waals surface area contributed by atoms with Crippen molar-refractivity contribution in [1.29, 1.82) is 0 Å². The third-order valence-corrected chi connectivity index (χ3v) is 4.93. The maximum Gasteiger partial charge on any atom is 0.233 e. The smallest absolute Gasteiger partial charge is 0.233 e. The monoisotopic (exact) mass is 309 g/mol. The van der Waals surface area contributed by atoms with Gasteiger partial charge in [-0.25, -0.2) is 0 Å². The number of nitrogens with zero attached hydrogens (tertiary/aromatic N) is 1. The number of carbonyl (C=O) groups is 1. The normalized spacial score (nSPS) is 20.7. The molecule has 3 rings (SSSR count). The molecule has 1 unspecified atom stereocenters. The topological polar surface area (TPSA) is 59.0 Å². The van der Waals surface area contributed by atoms with Crippen LogP contribution in [0.4, 0.5) is 0 Å².